The molecule has 0 bridgehead atoms. The highest BCUT2D eigenvalue weighted by Crippen LogP contribution is 2.30. The van der Waals surface area contributed by atoms with Crippen LogP contribution >= 0.6 is 0 Å². The lowest BCUT2D eigenvalue weighted by molar-refractivity contribution is -0.0164. The summed E-state index contributed by atoms with van der Waals surface area (Å²) in [7, 11) is 0. The van der Waals surface area contributed by atoms with Crippen LogP contribution in [0.3, 0.4) is 0 Å². The van der Waals surface area contributed by atoms with E-state index in [1.54, 1.807) is 0 Å². The molecule has 7 nitrogen and oxygen atoms in total. The molecule has 168 valence electrons. The van der Waals surface area contributed by atoms with Crippen molar-refractivity contribution >= 4 is 5.96 Å². The van der Waals surface area contributed by atoms with E-state index in [0.717, 1.165) is 51.6 Å². The average molecular weight is 425 g/mol. The van der Waals surface area contributed by atoms with E-state index in [1.165, 1.54) is 37.1 Å². The van der Waals surface area contributed by atoms with Crippen molar-refractivity contribution in [1.29, 1.82) is 0 Å². The van der Waals surface area contributed by atoms with Crippen LogP contribution in [0.4, 0.5) is 0 Å². The van der Waals surface area contributed by atoms with Crippen LogP contribution in [0, 0.1) is 0 Å². The van der Waals surface area contributed by atoms with E-state index in [1.807, 2.05) is 23.1 Å². The Kier molecular flexibility index (Phi) is 7.59. The summed E-state index contributed by atoms with van der Waals surface area (Å²) in [5, 5.41) is 11.4. The minimum atomic E-state index is 0.183. The number of nitrogens with one attached hydrogen (secondary N) is 2. The second-order valence-electron chi connectivity index (χ2n) is 8.55. The summed E-state index contributed by atoms with van der Waals surface area (Å²) in [5.74, 6) is 0.890. The molecule has 2 aliphatic rings. The van der Waals surface area contributed by atoms with Gasteiger partial charge in [0.2, 0.25) is 0 Å². The Morgan fingerprint density at radius 3 is 2.58 bits per heavy atom. The zero-order valence-corrected chi connectivity index (χ0v) is 18.7. The van der Waals surface area contributed by atoms with Crippen LogP contribution in [0.2, 0.25) is 0 Å². The van der Waals surface area contributed by atoms with Crippen molar-refractivity contribution in [2.24, 2.45) is 4.99 Å². The minimum Gasteiger partial charge on any atom is -0.381 e. The normalized spacial score (nSPS) is 19.5. The van der Waals surface area contributed by atoms with E-state index in [4.69, 9.17) is 9.73 Å². The molecule has 0 unspecified atom stereocenters. The van der Waals surface area contributed by atoms with Crippen molar-refractivity contribution in [2.45, 2.75) is 51.2 Å². The number of benzene rings is 1. The number of hydrogen-bond donors (Lipinski definition) is 2. The maximum atomic E-state index is 5.69. The summed E-state index contributed by atoms with van der Waals surface area (Å²) in [6.45, 7) is 9.41. The first-order valence-corrected chi connectivity index (χ1v) is 11.7. The molecule has 2 aliphatic heterocycles. The molecule has 1 aromatic heterocycles. The maximum absolute atomic E-state index is 5.69. The molecular weight excluding hydrogens is 388 g/mol. The van der Waals surface area contributed by atoms with Gasteiger partial charge in [-0.3, -0.25) is 9.58 Å². The molecule has 0 aliphatic carbocycles. The Balaban J connectivity index is 1.44. The molecule has 4 rings (SSSR count). The highest BCUT2D eigenvalue weighted by atomic mass is 16.5. The lowest BCUT2D eigenvalue weighted by atomic mass is 9.88. The monoisotopic (exact) mass is 424 g/mol. The van der Waals surface area contributed by atoms with Crippen LogP contribution in [-0.4, -0.2) is 65.6 Å². The van der Waals surface area contributed by atoms with Gasteiger partial charge in [0.1, 0.15) is 0 Å². The largest absolute Gasteiger partial charge is 0.381 e. The fourth-order valence-electron chi connectivity index (χ4n) is 4.74. The molecule has 7 heteroatoms. The molecule has 0 amide bonds. The Bertz CT molecular complexity index is 822. The predicted octanol–water partition coefficient (Wildman–Crippen LogP) is 2.63. The molecule has 0 radical (unpaired) electrons. The first kappa shape index (κ1) is 21.8. The van der Waals surface area contributed by atoms with Crippen LogP contribution in [0.25, 0.3) is 0 Å². The van der Waals surface area contributed by atoms with Crippen LogP contribution in [0.5, 0.6) is 0 Å². The number of aliphatic imine (C=N–C) groups is 1. The summed E-state index contributed by atoms with van der Waals surface area (Å²) < 4.78 is 7.65. The fourth-order valence-corrected chi connectivity index (χ4v) is 4.74. The molecule has 2 saturated heterocycles. The third kappa shape index (κ3) is 5.66. The van der Waals surface area contributed by atoms with E-state index in [0.29, 0.717) is 6.54 Å². The molecular formula is C24H36N6O. The Morgan fingerprint density at radius 1 is 1.10 bits per heavy atom. The maximum Gasteiger partial charge on any atom is 0.191 e. The first-order chi connectivity index (χ1) is 15.3. The van der Waals surface area contributed by atoms with Gasteiger partial charge in [0.25, 0.3) is 0 Å². The molecule has 0 atom stereocenters. The lowest BCUT2D eigenvalue weighted by Gasteiger charge is -2.45. The molecule has 1 aromatic carbocycles. The van der Waals surface area contributed by atoms with Gasteiger partial charge in [-0.25, -0.2) is 4.99 Å². The van der Waals surface area contributed by atoms with Crippen molar-refractivity contribution in [3.8, 4) is 0 Å². The van der Waals surface area contributed by atoms with E-state index in [9.17, 15) is 0 Å². The van der Waals surface area contributed by atoms with Gasteiger partial charge in [0, 0.05) is 44.2 Å². The van der Waals surface area contributed by atoms with E-state index >= 15 is 0 Å². The SMILES string of the molecule is CCNC(=NCc1ccccc1Cn1cccn1)NCC1(N2CCCC2)CCOCC1. The summed E-state index contributed by atoms with van der Waals surface area (Å²) in [6, 6.07) is 10.5. The highest BCUT2D eigenvalue weighted by molar-refractivity contribution is 5.79. The molecule has 0 spiro atoms. The lowest BCUT2D eigenvalue weighted by Crippen LogP contribution is -2.58. The number of rotatable bonds is 8. The number of aromatic nitrogens is 2. The predicted molar refractivity (Wildman–Crippen MR) is 124 cm³/mol. The van der Waals surface area contributed by atoms with Crippen molar-refractivity contribution in [3.63, 3.8) is 0 Å². The highest BCUT2D eigenvalue weighted by Gasteiger charge is 2.39. The standard InChI is InChI=1S/C24H36N6O/c1-2-25-23(27-20-24(10-16-31-17-11-24)29-13-5-6-14-29)26-18-21-8-3-4-9-22(21)19-30-15-7-12-28-30/h3-4,7-9,12,15H,2,5-6,10-11,13-14,16-20H2,1H3,(H2,25,26,27). The van der Waals surface area contributed by atoms with Gasteiger partial charge in [0.15, 0.2) is 5.96 Å². The van der Waals surface area contributed by atoms with Crippen LogP contribution in [0.1, 0.15) is 43.7 Å². The third-order valence-electron chi connectivity index (χ3n) is 6.55. The molecule has 2 aromatic rings. The third-order valence-corrected chi connectivity index (χ3v) is 6.55. The Labute approximate surface area is 185 Å². The summed E-state index contributed by atoms with van der Waals surface area (Å²) in [5.41, 5.74) is 2.67. The summed E-state index contributed by atoms with van der Waals surface area (Å²) >= 11 is 0. The molecule has 31 heavy (non-hydrogen) atoms. The van der Waals surface area contributed by atoms with Gasteiger partial charge in [-0.05, 0) is 62.9 Å². The van der Waals surface area contributed by atoms with Crippen molar-refractivity contribution in [1.82, 2.24) is 25.3 Å². The van der Waals surface area contributed by atoms with Gasteiger partial charge >= 0.3 is 0 Å². The molecule has 3 heterocycles. The summed E-state index contributed by atoms with van der Waals surface area (Å²) in [4.78, 5) is 7.62. The van der Waals surface area contributed by atoms with Gasteiger partial charge in [-0.2, -0.15) is 5.10 Å². The number of hydrogen-bond acceptors (Lipinski definition) is 4. The smallest absolute Gasteiger partial charge is 0.191 e. The van der Waals surface area contributed by atoms with Gasteiger partial charge < -0.3 is 15.4 Å². The Hall–Kier alpha value is -2.38. The number of guanidine groups is 1. The van der Waals surface area contributed by atoms with Gasteiger partial charge in [0.05, 0.1) is 13.1 Å². The summed E-state index contributed by atoms with van der Waals surface area (Å²) in [6.07, 6.45) is 8.61. The van der Waals surface area contributed by atoms with Crippen molar-refractivity contribution in [3.05, 3.63) is 53.9 Å². The van der Waals surface area contributed by atoms with Gasteiger partial charge in [-0.15, -0.1) is 0 Å². The second kappa shape index (κ2) is 10.8. The zero-order chi connectivity index (χ0) is 21.4. The van der Waals surface area contributed by atoms with Crippen LogP contribution in [-0.2, 0) is 17.8 Å². The van der Waals surface area contributed by atoms with Crippen molar-refractivity contribution in [2.75, 3.05) is 39.4 Å². The zero-order valence-electron chi connectivity index (χ0n) is 18.7. The van der Waals surface area contributed by atoms with Crippen molar-refractivity contribution < 1.29 is 4.74 Å². The first-order valence-electron chi connectivity index (χ1n) is 11.7. The molecule has 2 fully saturated rings. The fraction of sp³-hybridized carbons (Fsp3) is 0.583. The minimum absolute atomic E-state index is 0.183. The molecule has 0 saturated carbocycles. The quantitative estimate of drug-likeness (QED) is 0.504. The van der Waals surface area contributed by atoms with Crippen LogP contribution < -0.4 is 10.6 Å². The Morgan fingerprint density at radius 2 is 1.87 bits per heavy atom. The number of ether oxygens (including phenoxy) is 1. The average Bonchev–Trinajstić information content (AvgIpc) is 3.52. The second-order valence-corrected chi connectivity index (χ2v) is 8.55. The topological polar surface area (TPSA) is 66.7 Å². The number of nitrogens with zero attached hydrogens (tertiary/aromatic N) is 4. The van der Waals surface area contributed by atoms with Gasteiger partial charge in [-0.1, -0.05) is 24.3 Å². The number of likely N-dealkylation sites (tertiary alicyclic amines) is 1. The molecule has 2 N–H and O–H groups in total. The van der Waals surface area contributed by atoms with E-state index in [2.05, 4.69) is 51.8 Å². The van der Waals surface area contributed by atoms with E-state index in [-0.39, 0.29) is 5.54 Å². The van der Waals surface area contributed by atoms with E-state index < -0.39 is 0 Å². The van der Waals surface area contributed by atoms with Crippen LogP contribution in [0.15, 0.2) is 47.7 Å².